The second-order valence-corrected chi connectivity index (χ2v) is 5.46. The lowest BCUT2D eigenvalue weighted by molar-refractivity contribution is 0.198. The highest BCUT2D eigenvalue weighted by Crippen LogP contribution is 2.21. The summed E-state index contributed by atoms with van der Waals surface area (Å²) < 4.78 is 25.6. The van der Waals surface area contributed by atoms with E-state index in [1.165, 1.54) is 24.5 Å². The van der Waals surface area contributed by atoms with E-state index < -0.39 is 18.6 Å². The number of allylic oxidation sites excluding steroid dienone is 2. The van der Waals surface area contributed by atoms with Gasteiger partial charge in [0.25, 0.3) is 0 Å². The standard InChI is InChI=1S/C18H24F2N4O/c1-12(22)7-18(24-11-14(9-21)10-23-6-5-19)16-4-3-15(20)8-17(16)13(2)25/h3-4,7-10,13,25H,5-6,11,21-22H2,1-2H3/t13-/m1/s1. The van der Waals surface area contributed by atoms with E-state index in [1.807, 2.05) is 0 Å². The molecule has 0 amide bonds. The Kier molecular flexibility index (Phi) is 8.49. The molecule has 5 nitrogen and oxygen atoms in total. The van der Waals surface area contributed by atoms with E-state index in [-0.39, 0.29) is 13.1 Å². The highest BCUT2D eigenvalue weighted by atomic mass is 19.1. The predicted octanol–water partition coefficient (Wildman–Crippen LogP) is 2.41. The van der Waals surface area contributed by atoms with Crippen LogP contribution in [0, 0.1) is 5.82 Å². The predicted molar refractivity (Wildman–Crippen MR) is 98.0 cm³/mol. The van der Waals surface area contributed by atoms with Gasteiger partial charge in [-0.25, -0.2) is 8.78 Å². The average molecular weight is 350 g/mol. The van der Waals surface area contributed by atoms with Gasteiger partial charge in [0.15, 0.2) is 0 Å². The summed E-state index contributed by atoms with van der Waals surface area (Å²) in [4.78, 5) is 8.33. The third kappa shape index (κ3) is 6.84. The zero-order chi connectivity index (χ0) is 18.8. The SMILES string of the molecule is CC(N)=CC(=NCC(C=NCCF)=CN)c1ccc(F)cc1[C@@H](C)O. The minimum absolute atomic E-state index is 0.0554. The average Bonchev–Trinajstić information content (AvgIpc) is 2.56. The molecule has 136 valence electrons. The smallest absolute Gasteiger partial charge is 0.123 e. The second kappa shape index (κ2) is 10.4. The number of rotatable bonds is 8. The summed E-state index contributed by atoms with van der Waals surface area (Å²) >= 11 is 0. The van der Waals surface area contributed by atoms with Crippen molar-refractivity contribution in [2.75, 3.05) is 19.8 Å². The van der Waals surface area contributed by atoms with Gasteiger partial charge in [-0.3, -0.25) is 9.98 Å². The fourth-order valence-corrected chi connectivity index (χ4v) is 2.08. The number of aliphatic hydroxyl groups is 1. The topological polar surface area (TPSA) is 97.0 Å². The van der Waals surface area contributed by atoms with Crippen molar-refractivity contribution in [3.63, 3.8) is 0 Å². The number of nitrogens with zero attached hydrogens (tertiary/aromatic N) is 2. The molecule has 5 N–H and O–H groups in total. The Morgan fingerprint density at radius 2 is 2.12 bits per heavy atom. The van der Waals surface area contributed by atoms with E-state index in [0.717, 1.165) is 0 Å². The van der Waals surface area contributed by atoms with Crippen LogP contribution in [0.1, 0.15) is 31.1 Å². The summed E-state index contributed by atoms with van der Waals surface area (Å²) in [5.41, 5.74) is 13.8. The lowest BCUT2D eigenvalue weighted by Gasteiger charge is -2.13. The molecule has 0 aromatic heterocycles. The van der Waals surface area contributed by atoms with Gasteiger partial charge in [-0.15, -0.1) is 0 Å². The number of halogens is 2. The maximum atomic E-state index is 13.5. The van der Waals surface area contributed by atoms with Crippen LogP contribution in [0.2, 0.25) is 0 Å². The number of aliphatic hydroxyl groups excluding tert-OH is 1. The van der Waals surface area contributed by atoms with Crippen molar-refractivity contribution in [3.8, 4) is 0 Å². The van der Waals surface area contributed by atoms with Gasteiger partial charge in [-0.1, -0.05) is 0 Å². The van der Waals surface area contributed by atoms with Crippen molar-refractivity contribution < 1.29 is 13.9 Å². The maximum absolute atomic E-state index is 13.5. The molecule has 0 bridgehead atoms. The van der Waals surface area contributed by atoms with Gasteiger partial charge < -0.3 is 16.6 Å². The number of benzene rings is 1. The maximum Gasteiger partial charge on any atom is 0.123 e. The molecule has 25 heavy (non-hydrogen) atoms. The van der Waals surface area contributed by atoms with Crippen molar-refractivity contribution >= 4 is 11.9 Å². The van der Waals surface area contributed by atoms with Crippen LogP contribution in [0.4, 0.5) is 8.78 Å². The summed E-state index contributed by atoms with van der Waals surface area (Å²) in [7, 11) is 0. The van der Waals surface area contributed by atoms with Crippen LogP contribution in [0.25, 0.3) is 0 Å². The molecular formula is C18H24F2N4O. The van der Waals surface area contributed by atoms with E-state index >= 15 is 0 Å². The molecule has 1 aromatic carbocycles. The summed E-state index contributed by atoms with van der Waals surface area (Å²) in [6, 6.07) is 4.09. The third-order valence-corrected chi connectivity index (χ3v) is 3.22. The molecule has 0 heterocycles. The highest BCUT2D eigenvalue weighted by Gasteiger charge is 2.13. The van der Waals surface area contributed by atoms with E-state index in [1.54, 1.807) is 26.0 Å². The molecule has 0 aliphatic carbocycles. The van der Waals surface area contributed by atoms with Gasteiger partial charge in [0, 0.05) is 29.2 Å². The van der Waals surface area contributed by atoms with Crippen molar-refractivity contribution in [1.29, 1.82) is 0 Å². The van der Waals surface area contributed by atoms with Gasteiger partial charge in [-0.2, -0.15) is 0 Å². The third-order valence-electron chi connectivity index (χ3n) is 3.22. The largest absolute Gasteiger partial charge is 0.404 e. The van der Waals surface area contributed by atoms with Crippen LogP contribution < -0.4 is 11.5 Å². The van der Waals surface area contributed by atoms with Gasteiger partial charge in [0.2, 0.25) is 0 Å². The van der Waals surface area contributed by atoms with E-state index in [4.69, 9.17) is 11.5 Å². The zero-order valence-corrected chi connectivity index (χ0v) is 14.4. The molecule has 0 saturated heterocycles. The molecule has 0 aliphatic rings. The van der Waals surface area contributed by atoms with E-state index in [9.17, 15) is 13.9 Å². The normalized spacial score (nSPS) is 15.0. The van der Waals surface area contributed by atoms with Crippen LogP contribution in [0.15, 0.2) is 51.7 Å². The molecule has 1 rings (SSSR count). The quantitative estimate of drug-likeness (QED) is 0.628. The van der Waals surface area contributed by atoms with Crippen molar-refractivity contribution in [2.45, 2.75) is 20.0 Å². The number of nitrogens with two attached hydrogens (primary N) is 2. The summed E-state index contributed by atoms with van der Waals surface area (Å²) in [6.07, 6.45) is 3.55. The monoisotopic (exact) mass is 350 g/mol. The van der Waals surface area contributed by atoms with Crippen LogP contribution in [-0.4, -0.2) is 36.8 Å². The van der Waals surface area contributed by atoms with Gasteiger partial charge >= 0.3 is 0 Å². The molecule has 0 saturated carbocycles. The molecule has 0 spiro atoms. The van der Waals surface area contributed by atoms with Gasteiger partial charge in [0.05, 0.1) is 24.9 Å². The molecule has 0 fully saturated rings. The zero-order valence-electron chi connectivity index (χ0n) is 14.4. The van der Waals surface area contributed by atoms with Crippen molar-refractivity contribution in [1.82, 2.24) is 0 Å². The lowest BCUT2D eigenvalue weighted by Crippen LogP contribution is -2.10. The van der Waals surface area contributed by atoms with Crippen molar-refractivity contribution in [2.24, 2.45) is 21.5 Å². The number of hydrogen-bond acceptors (Lipinski definition) is 5. The Bertz CT molecular complexity index is 690. The van der Waals surface area contributed by atoms with Crippen LogP contribution in [-0.2, 0) is 0 Å². The fraction of sp³-hybridized carbons (Fsp3) is 0.333. The minimum atomic E-state index is -0.877. The van der Waals surface area contributed by atoms with Crippen molar-refractivity contribution in [3.05, 3.63) is 58.7 Å². The van der Waals surface area contributed by atoms with Crippen LogP contribution >= 0.6 is 0 Å². The van der Waals surface area contributed by atoms with Gasteiger partial charge in [0.1, 0.15) is 12.5 Å². The molecular weight excluding hydrogens is 326 g/mol. The lowest BCUT2D eigenvalue weighted by atomic mass is 9.98. The Morgan fingerprint density at radius 3 is 2.68 bits per heavy atom. The molecule has 0 radical (unpaired) electrons. The Balaban J connectivity index is 3.25. The first-order chi connectivity index (χ1) is 11.9. The first kappa shape index (κ1) is 20.5. The molecule has 1 aromatic rings. The number of alkyl halides is 1. The van der Waals surface area contributed by atoms with E-state index in [2.05, 4.69) is 9.98 Å². The highest BCUT2D eigenvalue weighted by molar-refractivity contribution is 6.10. The summed E-state index contributed by atoms with van der Waals surface area (Å²) in [5.74, 6) is -0.451. The minimum Gasteiger partial charge on any atom is -0.404 e. The second-order valence-electron chi connectivity index (χ2n) is 5.46. The van der Waals surface area contributed by atoms with Gasteiger partial charge in [-0.05, 0) is 43.7 Å². The first-order valence-corrected chi connectivity index (χ1v) is 7.81. The first-order valence-electron chi connectivity index (χ1n) is 7.81. The Hall–Kier alpha value is -2.54. The molecule has 1 atom stereocenters. The number of hydrogen-bond donors (Lipinski definition) is 3. The Labute approximate surface area is 146 Å². The summed E-state index contributed by atoms with van der Waals surface area (Å²) in [5, 5.41) is 9.92. The van der Waals surface area contributed by atoms with Crippen LogP contribution in [0.3, 0.4) is 0 Å². The Morgan fingerprint density at radius 1 is 1.40 bits per heavy atom. The summed E-state index contributed by atoms with van der Waals surface area (Å²) in [6.45, 7) is 2.93. The molecule has 0 unspecified atom stereocenters. The molecule has 0 aliphatic heterocycles. The van der Waals surface area contributed by atoms with Crippen LogP contribution in [0.5, 0.6) is 0 Å². The number of aliphatic imine (C=N–C) groups is 2. The fourth-order valence-electron chi connectivity index (χ4n) is 2.08. The molecule has 7 heteroatoms. The van der Waals surface area contributed by atoms with E-state index in [0.29, 0.717) is 28.1 Å².